The van der Waals surface area contributed by atoms with Crippen LogP contribution >= 0.6 is 12.4 Å². The molecule has 2 aromatic rings. The van der Waals surface area contributed by atoms with Gasteiger partial charge < -0.3 is 14.4 Å². The van der Waals surface area contributed by atoms with E-state index in [4.69, 9.17) is 9.47 Å². The van der Waals surface area contributed by atoms with Crippen LogP contribution in [0, 0.1) is 5.92 Å². The predicted molar refractivity (Wildman–Crippen MR) is 111 cm³/mol. The molecule has 5 nitrogen and oxygen atoms in total. The van der Waals surface area contributed by atoms with Crippen LogP contribution in [0.5, 0.6) is 11.5 Å². The normalized spacial score (nSPS) is 19.2. The van der Waals surface area contributed by atoms with E-state index in [1.165, 1.54) is 5.56 Å². The van der Waals surface area contributed by atoms with Gasteiger partial charge >= 0.3 is 0 Å². The minimum absolute atomic E-state index is 0. The number of benzene rings is 2. The molecule has 0 aromatic heterocycles. The van der Waals surface area contributed by atoms with Crippen molar-refractivity contribution in [3.8, 4) is 11.5 Å². The number of hydrogen-bond donors (Lipinski definition) is 0. The second-order valence-corrected chi connectivity index (χ2v) is 7.24. The summed E-state index contributed by atoms with van der Waals surface area (Å²) in [7, 11) is 1.66. The number of halogens is 1. The van der Waals surface area contributed by atoms with Crippen molar-refractivity contribution in [3.63, 3.8) is 0 Å². The monoisotopic (exact) mass is 402 g/mol. The van der Waals surface area contributed by atoms with E-state index in [-0.39, 0.29) is 24.2 Å². The Morgan fingerprint density at radius 2 is 1.82 bits per heavy atom. The van der Waals surface area contributed by atoms with Gasteiger partial charge in [-0.15, -0.1) is 12.4 Å². The van der Waals surface area contributed by atoms with Crippen LogP contribution in [0.3, 0.4) is 0 Å². The average Bonchev–Trinajstić information content (AvgIpc) is 2.73. The number of carbonyl (C=O) groups excluding carboxylic acids is 1. The smallest absolute Gasteiger partial charge is 0.229 e. The van der Waals surface area contributed by atoms with Crippen molar-refractivity contribution in [2.45, 2.75) is 13.0 Å². The van der Waals surface area contributed by atoms with Gasteiger partial charge in [0, 0.05) is 38.3 Å². The van der Waals surface area contributed by atoms with Crippen molar-refractivity contribution in [1.29, 1.82) is 0 Å². The Hall–Kier alpha value is -2.24. The number of piperazine rings is 1. The summed E-state index contributed by atoms with van der Waals surface area (Å²) >= 11 is 0. The van der Waals surface area contributed by atoms with Crippen LogP contribution in [-0.2, 0) is 17.8 Å². The SMILES string of the molecule is COc1cccc2c1CC(C(=O)N1CCN(Cc3ccccc3)CC1)CO2.Cl. The first-order chi connectivity index (χ1) is 13.2. The zero-order valence-electron chi connectivity index (χ0n) is 16.2. The second-order valence-electron chi connectivity index (χ2n) is 7.24. The van der Waals surface area contributed by atoms with Gasteiger partial charge in [0.15, 0.2) is 0 Å². The zero-order valence-corrected chi connectivity index (χ0v) is 17.0. The van der Waals surface area contributed by atoms with E-state index in [0.717, 1.165) is 49.8 Å². The van der Waals surface area contributed by atoms with Crippen LogP contribution in [0.2, 0.25) is 0 Å². The minimum atomic E-state index is -0.130. The molecular formula is C22H27ClN2O3. The Kier molecular flexibility index (Phi) is 6.81. The minimum Gasteiger partial charge on any atom is -0.496 e. The van der Waals surface area contributed by atoms with Crippen molar-refractivity contribution in [1.82, 2.24) is 9.80 Å². The summed E-state index contributed by atoms with van der Waals surface area (Å²) in [5.74, 6) is 1.71. The number of amides is 1. The summed E-state index contributed by atoms with van der Waals surface area (Å²) in [6.45, 7) is 4.77. The summed E-state index contributed by atoms with van der Waals surface area (Å²) in [4.78, 5) is 17.4. The van der Waals surface area contributed by atoms with Gasteiger partial charge in [0.2, 0.25) is 5.91 Å². The lowest BCUT2D eigenvalue weighted by Gasteiger charge is -2.37. The Morgan fingerprint density at radius 1 is 1.07 bits per heavy atom. The molecule has 1 amide bonds. The quantitative estimate of drug-likeness (QED) is 0.788. The van der Waals surface area contributed by atoms with Crippen LogP contribution in [-0.4, -0.2) is 55.6 Å². The highest BCUT2D eigenvalue weighted by Crippen LogP contribution is 2.35. The maximum absolute atomic E-state index is 13.0. The first-order valence-corrected chi connectivity index (χ1v) is 9.58. The maximum Gasteiger partial charge on any atom is 0.229 e. The lowest BCUT2D eigenvalue weighted by molar-refractivity contribution is -0.138. The molecule has 4 rings (SSSR count). The van der Waals surface area contributed by atoms with Gasteiger partial charge in [-0.2, -0.15) is 0 Å². The van der Waals surface area contributed by atoms with E-state index in [1.54, 1.807) is 7.11 Å². The average molecular weight is 403 g/mol. The van der Waals surface area contributed by atoms with Crippen molar-refractivity contribution in [3.05, 3.63) is 59.7 Å². The highest BCUT2D eigenvalue weighted by atomic mass is 35.5. The number of ether oxygens (including phenoxy) is 2. The zero-order chi connectivity index (χ0) is 18.6. The van der Waals surface area contributed by atoms with Gasteiger partial charge in [0.05, 0.1) is 13.0 Å². The molecule has 1 saturated heterocycles. The van der Waals surface area contributed by atoms with E-state index in [1.807, 2.05) is 29.2 Å². The van der Waals surface area contributed by atoms with Crippen LogP contribution in [0.15, 0.2) is 48.5 Å². The summed E-state index contributed by atoms with van der Waals surface area (Å²) in [5, 5.41) is 0. The van der Waals surface area contributed by atoms with E-state index < -0.39 is 0 Å². The summed E-state index contributed by atoms with van der Waals surface area (Å²) in [6, 6.07) is 16.3. The van der Waals surface area contributed by atoms with Crippen molar-refractivity contribution < 1.29 is 14.3 Å². The van der Waals surface area contributed by atoms with Crippen molar-refractivity contribution >= 4 is 18.3 Å². The fourth-order valence-corrected chi connectivity index (χ4v) is 3.95. The summed E-state index contributed by atoms with van der Waals surface area (Å²) in [6.07, 6.45) is 0.683. The van der Waals surface area contributed by atoms with E-state index in [2.05, 4.69) is 29.2 Å². The molecule has 1 fully saturated rings. The molecule has 0 bridgehead atoms. The molecule has 2 heterocycles. The topological polar surface area (TPSA) is 42.0 Å². The van der Waals surface area contributed by atoms with Gasteiger partial charge in [0.25, 0.3) is 0 Å². The Labute approximate surface area is 172 Å². The molecule has 2 aliphatic heterocycles. The summed E-state index contributed by atoms with van der Waals surface area (Å²) < 4.78 is 11.3. The lowest BCUT2D eigenvalue weighted by Crippen LogP contribution is -2.51. The van der Waals surface area contributed by atoms with Gasteiger partial charge in [0.1, 0.15) is 18.1 Å². The van der Waals surface area contributed by atoms with Crippen molar-refractivity contribution in [2.24, 2.45) is 5.92 Å². The number of hydrogen-bond acceptors (Lipinski definition) is 4. The first-order valence-electron chi connectivity index (χ1n) is 9.58. The number of rotatable bonds is 4. The molecule has 6 heteroatoms. The molecule has 0 N–H and O–H groups in total. The molecule has 0 saturated carbocycles. The largest absolute Gasteiger partial charge is 0.496 e. The molecule has 2 aliphatic rings. The van der Waals surface area contributed by atoms with Crippen LogP contribution in [0.25, 0.3) is 0 Å². The molecule has 2 aromatic carbocycles. The lowest BCUT2D eigenvalue weighted by atomic mass is 9.94. The molecule has 0 spiro atoms. The highest BCUT2D eigenvalue weighted by molar-refractivity contribution is 5.85. The molecular weight excluding hydrogens is 376 g/mol. The first kappa shape index (κ1) is 20.5. The molecule has 28 heavy (non-hydrogen) atoms. The van der Waals surface area contributed by atoms with E-state index in [0.29, 0.717) is 13.0 Å². The predicted octanol–water partition coefficient (Wildman–Crippen LogP) is 3.01. The third kappa shape index (κ3) is 4.42. The highest BCUT2D eigenvalue weighted by Gasteiger charge is 2.32. The van der Waals surface area contributed by atoms with Gasteiger partial charge in [-0.25, -0.2) is 0 Å². The number of methoxy groups -OCH3 is 1. The van der Waals surface area contributed by atoms with E-state index >= 15 is 0 Å². The third-order valence-corrected chi connectivity index (χ3v) is 5.48. The van der Waals surface area contributed by atoms with Gasteiger partial charge in [-0.3, -0.25) is 9.69 Å². The maximum atomic E-state index is 13.0. The van der Waals surface area contributed by atoms with Crippen LogP contribution in [0.1, 0.15) is 11.1 Å². The van der Waals surface area contributed by atoms with E-state index in [9.17, 15) is 4.79 Å². The Balaban J connectivity index is 0.00000225. The molecule has 1 unspecified atom stereocenters. The summed E-state index contributed by atoms with van der Waals surface area (Å²) in [5.41, 5.74) is 2.33. The van der Waals surface area contributed by atoms with Gasteiger partial charge in [-0.05, 0) is 24.1 Å². The number of carbonyl (C=O) groups is 1. The second kappa shape index (κ2) is 9.30. The number of fused-ring (bicyclic) bond motifs is 1. The number of nitrogens with zero attached hydrogens (tertiary/aromatic N) is 2. The molecule has 1 atom stereocenters. The Morgan fingerprint density at radius 3 is 2.54 bits per heavy atom. The molecule has 0 aliphatic carbocycles. The fraction of sp³-hybridized carbons (Fsp3) is 0.409. The van der Waals surface area contributed by atoms with Gasteiger partial charge in [-0.1, -0.05) is 36.4 Å². The third-order valence-electron chi connectivity index (χ3n) is 5.48. The standard InChI is InChI=1S/C22H26N2O3.ClH/c1-26-20-8-5-9-21-19(20)14-18(16-27-21)22(25)24-12-10-23(11-13-24)15-17-6-3-2-4-7-17;/h2-9,18H,10-16H2,1H3;1H. The van der Waals surface area contributed by atoms with Crippen LogP contribution in [0.4, 0.5) is 0 Å². The molecule has 0 radical (unpaired) electrons. The van der Waals surface area contributed by atoms with Crippen LogP contribution < -0.4 is 9.47 Å². The Bertz CT molecular complexity index is 777. The van der Waals surface area contributed by atoms with Crippen molar-refractivity contribution in [2.75, 3.05) is 39.9 Å². The fourth-order valence-electron chi connectivity index (χ4n) is 3.95. The molecule has 150 valence electrons.